The van der Waals surface area contributed by atoms with Crippen LogP contribution in [0, 0.1) is 0 Å². The average molecular weight is 439 g/mol. The Morgan fingerprint density at radius 1 is 1.03 bits per heavy atom. The van der Waals surface area contributed by atoms with Gasteiger partial charge in [0.25, 0.3) is 5.91 Å². The van der Waals surface area contributed by atoms with E-state index in [1.54, 1.807) is 19.0 Å². The molecule has 1 aliphatic heterocycles. The van der Waals surface area contributed by atoms with E-state index in [9.17, 15) is 4.79 Å². The van der Waals surface area contributed by atoms with E-state index >= 15 is 0 Å². The summed E-state index contributed by atoms with van der Waals surface area (Å²) in [6.07, 6.45) is 0. The molecule has 1 amide bonds. The van der Waals surface area contributed by atoms with Crippen LogP contribution in [0.15, 0.2) is 47.5 Å². The van der Waals surface area contributed by atoms with Crippen LogP contribution in [0.3, 0.4) is 0 Å². The van der Waals surface area contributed by atoms with Crippen LogP contribution >= 0.6 is 0 Å². The third-order valence-corrected chi connectivity index (χ3v) is 5.39. The molecule has 2 N–H and O–H groups in total. The van der Waals surface area contributed by atoms with Crippen LogP contribution in [0.25, 0.3) is 0 Å². The highest BCUT2D eigenvalue weighted by Crippen LogP contribution is 2.34. The van der Waals surface area contributed by atoms with Gasteiger partial charge in [0, 0.05) is 38.2 Å². The summed E-state index contributed by atoms with van der Waals surface area (Å²) in [6, 6.07) is 13.7. The third kappa shape index (κ3) is 5.93. The lowest BCUT2D eigenvalue weighted by atomic mass is 9.84. The van der Waals surface area contributed by atoms with Gasteiger partial charge in [-0.05, 0) is 42.3 Å². The molecule has 2 aromatic rings. The van der Waals surface area contributed by atoms with Crippen LogP contribution in [0.2, 0.25) is 0 Å². The number of guanidine groups is 1. The Kier molecular flexibility index (Phi) is 7.62. The van der Waals surface area contributed by atoms with Crippen LogP contribution in [-0.2, 0) is 12.0 Å². The molecule has 0 saturated heterocycles. The van der Waals surface area contributed by atoms with Gasteiger partial charge in [0.05, 0.1) is 6.54 Å². The largest absolute Gasteiger partial charge is 0.486 e. The SMILES string of the molecule is CCNC(=NCc1ccc(C(=O)N(C)C)cc1)NCC(C)(C)c1ccc2c(c1)OCCO2. The van der Waals surface area contributed by atoms with Crippen molar-refractivity contribution in [3.63, 3.8) is 0 Å². The van der Waals surface area contributed by atoms with Crippen molar-refractivity contribution >= 4 is 11.9 Å². The summed E-state index contributed by atoms with van der Waals surface area (Å²) in [5.41, 5.74) is 2.75. The molecule has 0 radical (unpaired) electrons. The van der Waals surface area contributed by atoms with E-state index in [0.29, 0.717) is 31.9 Å². The number of nitrogens with one attached hydrogen (secondary N) is 2. The molecule has 3 rings (SSSR count). The third-order valence-electron chi connectivity index (χ3n) is 5.39. The van der Waals surface area contributed by atoms with Crippen molar-refractivity contribution in [3.8, 4) is 11.5 Å². The fourth-order valence-electron chi connectivity index (χ4n) is 3.39. The summed E-state index contributed by atoms with van der Waals surface area (Å²) in [6.45, 7) is 9.60. The van der Waals surface area contributed by atoms with E-state index in [1.165, 1.54) is 5.56 Å². The molecule has 1 heterocycles. The van der Waals surface area contributed by atoms with E-state index in [1.807, 2.05) is 37.3 Å². The first kappa shape index (κ1) is 23.4. The second kappa shape index (κ2) is 10.4. The fourth-order valence-corrected chi connectivity index (χ4v) is 3.39. The number of carbonyl (C=O) groups is 1. The highest BCUT2D eigenvalue weighted by atomic mass is 16.6. The normalized spacial score (nSPS) is 13.5. The summed E-state index contributed by atoms with van der Waals surface area (Å²) < 4.78 is 11.4. The standard InChI is InChI=1S/C25H34N4O3/c1-6-26-24(27-16-18-7-9-19(10-8-18)23(30)29(4)5)28-17-25(2,3)20-11-12-21-22(15-20)32-14-13-31-21/h7-12,15H,6,13-14,16-17H2,1-5H3,(H2,26,27,28). The lowest BCUT2D eigenvalue weighted by molar-refractivity contribution is 0.0827. The summed E-state index contributed by atoms with van der Waals surface area (Å²) in [5.74, 6) is 2.36. The van der Waals surface area contributed by atoms with Crippen molar-refractivity contribution in [2.24, 2.45) is 4.99 Å². The van der Waals surface area contributed by atoms with Crippen LogP contribution in [0.5, 0.6) is 11.5 Å². The van der Waals surface area contributed by atoms with Gasteiger partial charge in [-0.2, -0.15) is 0 Å². The van der Waals surface area contributed by atoms with Crippen molar-refractivity contribution in [2.75, 3.05) is 40.4 Å². The Morgan fingerprint density at radius 3 is 2.38 bits per heavy atom. The van der Waals surface area contributed by atoms with E-state index in [2.05, 4.69) is 36.6 Å². The number of carbonyl (C=O) groups excluding carboxylic acids is 1. The first-order valence-electron chi connectivity index (χ1n) is 11.0. The number of hydrogen-bond acceptors (Lipinski definition) is 4. The lowest BCUT2D eigenvalue weighted by Crippen LogP contribution is -2.43. The van der Waals surface area contributed by atoms with Gasteiger partial charge in [0.2, 0.25) is 0 Å². The maximum atomic E-state index is 12.0. The number of fused-ring (bicyclic) bond motifs is 1. The van der Waals surface area contributed by atoms with Gasteiger partial charge in [-0.3, -0.25) is 4.79 Å². The second-order valence-corrected chi connectivity index (χ2v) is 8.69. The first-order chi connectivity index (χ1) is 15.3. The van der Waals surface area contributed by atoms with Gasteiger partial charge >= 0.3 is 0 Å². The Morgan fingerprint density at radius 2 is 1.72 bits per heavy atom. The van der Waals surface area contributed by atoms with E-state index in [4.69, 9.17) is 14.5 Å². The van der Waals surface area contributed by atoms with Gasteiger partial charge in [-0.15, -0.1) is 0 Å². The highest BCUT2D eigenvalue weighted by Gasteiger charge is 2.24. The topological polar surface area (TPSA) is 75.2 Å². The minimum Gasteiger partial charge on any atom is -0.486 e. The maximum absolute atomic E-state index is 12.0. The summed E-state index contributed by atoms with van der Waals surface area (Å²) >= 11 is 0. The Bertz CT molecular complexity index is 952. The van der Waals surface area contributed by atoms with Gasteiger partial charge in [0.1, 0.15) is 13.2 Å². The van der Waals surface area contributed by atoms with Crippen molar-refractivity contribution in [1.82, 2.24) is 15.5 Å². The van der Waals surface area contributed by atoms with Crippen LogP contribution in [0.1, 0.15) is 42.3 Å². The van der Waals surface area contributed by atoms with Crippen LogP contribution in [0.4, 0.5) is 0 Å². The van der Waals surface area contributed by atoms with E-state index in [0.717, 1.165) is 29.6 Å². The number of nitrogens with zero attached hydrogens (tertiary/aromatic N) is 2. The molecule has 32 heavy (non-hydrogen) atoms. The van der Waals surface area contributed by atoms with Gasteiger partial charge < -0.3 is 25.0 Å². The average Bonchev–Trinajstić information content (AvgIpc) is 2.80. The molecular weight excluding hydrogens is 404 g/mol. The predicted octanol–water partition coefficient (Wildman–Crippen LogP) is 3.19. The van der Waals surface area contributed by atoms with Crippen molar-refractivity contribution < 1.29 is 14.3 Å². The number of amides is 1. The zero-order chi connectivity index (χ0) is 23.1. The van der Waals surface area contributed by atoms with E-state index < -0.39 is 0 Å². The molecule has 0 saturated carbocycles. The van der Waals surface area contributed by atoms with Crippen molar-refractivity contribution in [2.45, 2.75) is 32.7 Å². The van der Waals surface area contributed by atoms with Crippen molar-refractivity contribution in [3.05, 3.63) is 59.2 Å². The number of aliphatic imine (C=N–C) groups is 1. The van der Waals surface area contributed by atoms with Gasteiger partial charge in [-0.25, -0.2) is 4.99 Å². The minimum absolute atomic E-state index is 0.00331. The first-order valence-corrected chi connectivity index (χ1v) is 11.0. The van der Waals surface area contributed by atoms with Crippen molar-refractivity contribution in [1.29, 1.82) is 0 Å². The lowest BCUT2D eigenvalue weighted by Gasteiger charge is -2.28. The number of benzene rings is 2. The zero-order valence-electron chi connectivity index (χ0n) is 19.7. The Labute approximate surface area is 190 Å². The maximum Gasteiger partial charge on any atom is 0.253 e. The molecule has 0 aromatic heterocycles. The van der Waals surface area contributed by atoms with Crippen LogP contribution in [-0.4, -0.2) is 57.2 Å². The number of ether oxygens (including phenoxy) is 2. The Balaban J connectivity index is 1.64. The minimum atomic E-state index is -0.139. The quantitative estimate of drug-likeness (QED) is 0.513. The Hall–Kier alpha value is -3.22. The fraction of sp³-hybridized carbons (Fsp3) is 0.440. The van der Waals surface area contributed by atoms with Gasteiger partial charge in [-0.1, -0.05) is 32.0 Å². The molecule has 0 atom stereocenters. The summed E-state index contributed by atoms with van der Waals surface area (Å²) in [7, 11) is 3.50. The van der Waals surface area contributed by atoms with E-state index in [-0.39, 0.29) is 11.3 Å². The number of rotatable bonds is 7. The molecule has 7 nitrogen and oxygen atoms in total. The molecule has 7 heteroatoms. The zero-order valence-corrected chi connectivity index (χ0v) is 19.7. The van der Waals surface area contributed by atoms with Crippen LogP contribution < -0.4 is 20.1 Å². The molecule has 0 fully saturated rings. The predicted molar refractivity (Wildman–Crippen MR) is 128 cm³/mol. The van der Waals surface area contributed by atoms with Gasteiger partial charge in [0.15, 0.2) is 17.5 Å². The molecular formula is C25H34N4O3. The number of hydrogen-bond donors (Lipinski definition) is 2. The molecule has 2 aromatic carbocycles. The molecule has 0 unspecified atom stereocenters. The molecule has 0 bridgehead atoms. The summed E-state index contributed by atoms with van der Waals surface area (Å²) in [5, 5.41) is 6.77. The second-order valence-electron chi connectivity index (χ2n) is 8.69. The molecule has 1 aliphatic rings. The summed E-state index contributed by atoms with van der Waals surface area (Å²) in [4.78, 5) is 18.3. The molecule has 0 spiro atoms. The molecule has 172 valence electrons. The molecule has 0 aliphatic carbocycles. The monoisotopic (exact) mass is 438 g/mol. The highest BCUT2D eigenvalue weighted by molar-refractivity contribution is 5.93. The smallest absolute Gasteiger partial charge is 0.253 e.